The molecule has 142 valence electrons. The average molecular weight is 381 g/mol. The summed E-state index contributed by atoms with van der Waals surface area (Å²) in [6, 6.07) is 2.75. The van der Waals surface area contributed by atoms with Gasteiger partial charge in [-0.3, -0.25) is 4.79 Å². The molecule has 1 aliphatic carbocycles. The molecule has 4 rings (SSSR count). The number of nitrogens with zero attached hydrogens (tertiary/aromatic N) is 2. The first kappa shape index (κ1) is 18.2. The van der Waals surface area contributed by atoms with Crippen molar-refractivity contribution in [3.63, 3.8) is 0 Å². The minimum absolute atomic E-state index is 0.108. The van der Waals surface area contributed by atoms with Crippen molar-refractivity contribution in [2.24, 2.45) is 0 Å². The van der Waals surface area contributed by atoms with Crippen LogP contribution in [0.15, 0.2) is 12.1 Å². The van der Waals surface area contributed by atoms with Crippen molar-refractivity contribution in [3.05, 3.63) is 34.9 Å². The first-order chi connectivity index (χ1) is 12.6. The highest BCUT2D eigenvalue weighted by atomic mass is 32.2. The number of halogens is 2. The third-order valence-electron chi connectivity index (χ3n) is 5.99. The van der Waals surface area contributed by atoms with Gasteiger partial charge in [0, 0.05) is 24.6 Å². The van der Waals surface area contributed by atoms with Gasteiger partial charge in [-0.25, -0.2) is 8.78 Å². The Morgan fingerprint density at radius 1 is 1.12 bits per heavy atom. The van der Waals surface area contributed by atoms with Gasteiger partial charge in [0.05, 0.1) is 12.0 Å². The molecule has 0 N–H and O–H groups in total. The van der Waals surface area contributed by atoms with Crippen LogP contribution in [0.25, 0.3) is 0 Å². The predicted octanol–water partition coefficient (Wildman–Crippen LogP) is 3.42. The number of carbonyl (C=O) groups excluding carboxylic acids is 1. The Bertz CT molecular complexity index is 678. The van der Waals surface area contributed by atoms with Gasteiger partial charge in [0.1, 0.15) is 0 Å². The molecular weight excluding hydrogens is 354 g/mol. The molecule has 1 amide bonds. The minimum Gasteiger partial charge on any atom is -0.336 e. The van der Waals surface area contributed by atoms with Crippen molar-refractivity contribution in [1.29, 1.82) is 0 Å². The summed E-state index contributed by atoms with van der Waals surface area (Å²) in [5, 5.41) is 0. The standard InChI is InChI=1S/C20H26F2N2OS/c21-18-10-14-4-5-16(17(14)11-19(18)22)20(25)24-8-9-26-13-15(24)12-23-6-2-1-3-7-23/h10-11,15-16H,1-9,12-13H2. The number of benzene rings is 1. The van der Waals surface area contributed by atoms with Crippen molar-refractivity contribution < 1.29 is 13.6 Å². The van der Waals surface area contributed by atoms with Gasteiger partial charge in [-0.1, -0.05) is 6.42 Å². The number of aryl methyl sites for hydroxylation is 1. The highest BCUT2D eigenvalue weighted by Gasteiger charge is 2.37. The summed E-state index contributed by atoms with van der Waals surface area (Å²) >= 11 is 1.92. The van der Waals surface area contributed by atoms with E-state index >= 15 is 0 Å². The SMILES string of the molecule is O=C(C1CCc2cc(F)c(F)cc21)N1CCSCC1CN1CCCCC1. The number of fused-ring (bicyclic) bond motifs is 1. The zero-order valence-electron chi connectivity index (χ0n) is 15.1. The van der Waals surface area contributed by atoms with Crippen LogP contribution in [0.3, 0.4) is 0 Å². The first-order valence-electron chi connectivity index (χ1n) is 9.72. The number of thioether (sulfide) groups is 1. The van der Waals surface area contributed by atoms with Crippen LogP contribution in [-0.2, 0) is 11.2 Å². The third-order valence-corrected chi connectivity index (χ3v) is 7.08. The summed E-state index contributed by atoms with van der Waals surface area (Å²) in [5.74, 6) is 0.0694. The molecule has 1 aromatic carbocycles. The Balaban J connectivity index is 1.50. The molecule has 2 atom stereocenters. The summed E-state index contributed by atoms with van der Waals surface area (Å²) in [4.78, 5) is 17.8. The second-order valence-electron chi connectivity index (χ2n) is 7.68. The van der Waals surface area contributed by atoms with Crippen LogP contribution in [0.4, 0.5) is 8.78 Å². The van der Waals surface area contributed by atoms with E-state index < -0.39 is 11.6 Å². The summed E-state index contributed by atoms with van der Waals surface area (Å²) in [5.41, 5.74) is 1.49. The van der Waals surface area contributed by atoms with Gasteiger partial charge >= 0.3 is 0 Å². The van der Waals surface area contributed by atoms with Crippen molar-refractivity contribution in [2.45, 2.75) is 44.1 Å². The minimum atomic E-state index is -0.845. The first-order valence-corrected chi connectivity index (χ1v) is 10.9. The van der Waals surface area contributed by atoms with Gasteiger partial charge in [0.2, 0.25) is 5.91 Å². The lowest BCUT2D eigenvalue weighted by Gasteiger charge is -2.40. The number of hydrogen-bond acceptors (Lipinski definition) is 3. The third kappa shape index (κ3) is 3.63. The molecule has 0 bridgehead atoms. The molecule has 2 unspecified atom stereocenters. The Labute approximate surface area is 158 Å². The molecule has 0 radical (unpaired) electrons. The van der Waals surface area contributed by atoms with Gasteiger partial charge in [-0.15, -0.1) is 0 Å². The van der Waals surface area contributed by atoms with E-state index in [1.807, 2.05) is 16.7 Å². The van der Waals surface area contributed by atoms with Crippen LogP contribution < -0.4 is 0 Å². The Morgan fingerprint density at radius 3 is 2.69 bits per heavy atom. The molecule has 6 heteroatoms. The summed E-state index contributed by atoms with van der Waals surface area (Å²) < 4.78 is 27.2. The monoisotopic (exact) mass is 380 g/mol. The van der Waals surface area contributed by atoms with E-state index in [9.17, 15) is 13.6 Å². The van der Waals surface area contributed by atoms with Crippen LogP contribution in [0.2, 0.25) is 0 Å². The molecule has 3 nitrogen and oxygen atoms in total. The maximum absolute atomic E-state index is 13.7. The number of hydrogen-bond donors (Lipinski definition) is 0. The fourth-order valence-corrected chi connectivity index (χ4v) is 5.64. The molecule has 2 aliphatic heterocycles. The van der Waals surface area contributed by atoms with Gasteiger partial charge in [0.15, 0.2) is 11.6 Å². The summed E-state index contributed by atoms with van der Waals surface area (Å²) in [6.07, 6.45) is 5.11. The smallest absolute Gasteiger partial charge is 0.230 e. The summed E-state index contributed by atoms with van der Waals surface area (Å²) in [6.45, 7) is 3.95. The highest BCUT2D eigenvalue weighted by molar-refractivity contribution is 7.99. The topological polar surface area (TPSA) is 23.6 Å². The molecule has 2 saturated heterocycles. The van der Waals surface area contributed by atoms with Crippen molar-refractivity contribution in [2.75, 3.05) is 37.7 Å². The maximum atomic E-state index is 13.7. The predicted molar refractivity (Wildman–Crippen MR) is 101 cm³/mol. The van der Waals surface area contributed by atoms with Crippen LogP contribution in [-0.4, -0.2) is 59.4 Å². The molecular formula is C20H26F2N2OS. The maximum Gasteiger partial charge on any atom is 0.230 e. The zero-order chi connectivity index (χ0) is 18.1. The van der Waals surface area contributed by atoms with Gasteiger partial charge in [-0.05, 0) is 62.0 Å². The molecule has 3 aliphatic rings. The van der Waals surface area contributed by atoms with E-state index in [4.69, 9.17) is 0 Å². The van der Waals surface area contributed by atoms with Crippen LogP contribution in [0, 0.1) is 11.6 Å². The van der Waals surface area contributed by atoms with Crippen molar-refractivity contribution >= 4 is 17.7 Å². The molecule has 0 saturated carbocycles. The Hall–Kier alpha value is -1.14. The van der Waals surface area contributed by atoms with Crippen molar-refractivity contribution in [3.8, 4) is 0 Å². The molecule has 1 aromatic rings. The van der Waals surface area contributed by atoms with Crippen LogP contribution >= 0.6 is 11.8 Å². The second kappa shape index (κ2) is 7.85. The lowest BCUT2D eigenvalue weighted by Crippen LogP contribution is -2.53. The fraction of sp³-hybridized carbons (Fsp3) is 0.650. The lowest BCUT2D eigenvalue weighted by molar-refractivity contribution is -0.135. The lowest BCUT2D eigenvalue weighted by atomic mass is 9.98. The van der Waals surface area contributed by atoms with Gasteiger partial charge in [0.25, 0.3) is 0 Å². The van der Waals surface area contributed by atoms with E-state index in [1.165, 1.54) is 31.4 Å². The van der Waals surface area contributed by atoms with Gasteiger partial charge in [-0.2, -0.15) is 11.8 Å². The summed E-state index contributed by atoms with van der Waals surface area (Å²) in [7, 11) is 0. The van der Waals surface area contributed by atoms with E-state index in [0.717, 1.165) is 43.2 Å². The van der Waals surface area contributed by atoms with E-state index in [0.29, 0.717) is 18.4 Å². The Morgan fingerprint density at radius 2 is 1.88 bits per heavy atom. The molecule has 2 heterocycles. The molecule has 0 spiro atoms. The number of likely N-dealkylation sites (tertiary alicyclic amines) is 1. The molecule has 2 fully saturated rings. The number of carbonyl (C=O) groups is 1. The van der Waals surface area contributed by atoms with Gasteiger partial charge < -0.3 is 9.80 Å². The van der Waals surface area contributed by atoms with E-state index in [1.54, 1.807) is 0 Å². The highest BCUT2D eigenvalue weighted by Crippen LogP contribution is 2.37. The fourth-order valence-electron chi connectivity index (χ4n) is 4.59. The zero-order valence-corrected chi connectivity index (χ0v) is 15.9. The average Bonchev–Trinajstić information content (AvgIpc) is 3.05. The van der Waals surface area contributed by atoms with Crippen LogP contribution in [0.1, 0.15) is 42.7 Å². The van der Waals surface area contributed by atoms with E-state index in [2.05, 4.69) is 4.90 Å². The number of rotatable bonds is 3. The normalized spacial score (nSPS) is 26.8. The Kier molecular flexibility index (Phi) is 5.50. The van der Waals surface area contributed by atoms with Crippen LogP contribution in [0.5, 0.6) is 0 Å². The largest absolute Gasteiger partial charge is 0.336 e. The number of piperidine rings is 1. The van der Waals surface area contributed by atoms with E-state index in [-0.39, 0.29) is 17.9 Å². The molecule has 0 aromatic heterocycles. The second-order valence-corrected chi connectivity index (χ2v) is 8.83. The molecule has 26 heavy (non-hydrogen) atoms. The quantitative estimate of drug-likeness (QED) is 0.803. The van der Waals surface area contributed by atoms with Crippen molar-refractivity contribution in [1.82, 2.24) is 9.80 Å². The number of amides is 1.